The summed E-state index contributed by atoms with van der Waals surface area (Å²) in [5, 5.41) is 7.24. The van der Waals surface area contributed by atoms with Gasteiger partial charge in [-0.15, -0.1) is 0 Å². The average molecular weight is 491 g/mol. The van der Waals surface area contributed by atoms with Gasteiger partial charge in [0.15, 0.2) is 5.82 Å². The third kappa shape index (κ3) is 6.27. The number of nitrogens with one attached hydrogen (secondary N) is 2. The minimum Gasteiger partial charge on any atom is -0.384 e. The molecule has 2 N–H and O–H groups in total. The van der Waals surface area contributed by atoms with Gasteiger partial charge in [-0.1, -0.05) is 44.0 Å². The summed E-state index contributed by atoms with van der Waals surface area (Å²) in [5.41, 5.74) is 0.380. The lowest BCUT2D eigenvalue weighted by Crippen LogP contribution is -2.35. The number of piperidine rings is 1. The number of carbonyl (C=O) groups excluding carboxylic acids is 1. The molecule has 33 heavy (non-hydrogen) atoms. The number of carbonyl (C=O) groups is 1. The fourth-order valence-corrected chi connectivity index (χ4v) is 4.81. The third-order valence-corrected chi connectivity index (χ3v) is 7.09. The van der Waals surface area contributed by atoms with Gasteiger partial charge in [-0.2, -0.15) is 0 Å². The molecule has 0 radical (unpaired) electrons. The Hall–Kier alpha value is -2.12. The summed E-state index contributed by atoms with van der Waals surface area (Å²) in [4.78, 5) is 27.4. The summed E-state index contributed by atoms with van der Waals surface area (Å²) in [6, 6.07) is 1.83. The van der Waals surface area contributed by atoms with Crippen LogP contribution in [0.1, 0.15) is 46.5 Å². The molecule has 1 amide bonds. The predicted molar refractivity (Wildman–Crippen MR) is 134 cm³/mol. The molecular weight excluding hydrogens is 459 g/mol. The average Bonchev–Trinajstić information content (AvgIpc) is 3.55. The van der Waals surface area contributed by atoms with Gasteiger partial charge in [0.2, 0.25) is 11.9 Å². The lowest BCUT2D eigenvalue weighted by Gasteiger charge is -2.32. The van der Waals surface area contributed by atoms with Crippen molar-refractivity contribution in [1.82, 2.24) is 15.0 Å². The zero-order valence-corrected chi connectivity index (χ0v) is 21.0. The molecule has 1 aliphatic heterocycles. The highest BCUT2D eigenvalue weighted by Crippen LogP contribution is 2.49. The van der Waals surface area contributed by atoms with Crippen molar-refractivity contribution in [2.45, 2.75) is 46.5 Å². The molecule has 0 bridgehead atoms. The first kappa shape index (κ1) is 24.0. The Kier molecular flexibility index (Phi) is 7.29. The van der Waals surface area contributed by atoms with Crippen molar-refractivity contribution in [3.05, 3.63) is 34.7 Å². The first-order chi connectivity index (χ1) is 15.7. The van der Waals surface area contributed by atoms with Crippen LogP contribution >= 0.6 is 23.2 Å². The molecule has 0 spiro atoms. The maximum Gasteiger partial charge on any atom is 0.230 e. The molecule has 178 valence electrons. The van der Waals surface area contributed by atoms with E-state index in [0.29, 0.717) is 15.9 Å². The van der Waals surface area contributed by atoms with Crippen molar-refractivity contribution in [2.75, 3.05) is 35.2 Å². The molecule has 2 unspecified atom stereocenters. The van der Waals surface area contributed by atoms with Crippen molar-refractivity contribution >= 4 is 46.6 Å². The quantitative estimate of drug-likeness (QED) is 0.531. The van der Waals surface area contributed by atoms with Gasteiger partial charge >= 0.3 is 0 Å². The van der Waals surface area contributed by atoms with Crippen LogP contribution in [0, 0.1) is 23.2 Å². The third-order valence-electron chi connectivity index (χ3n) is 6.61. The van der Waals surface area contributed by atoms with E-state index in [1.54, 1.807) is 18.6 Å². The molecule has 2 aromatic rings. The first-order valence-corrected chi connectivity index (χ1v) is 12.4. The molecule has 7 nitrogen and oxygen atoms in total. The Balaban J connectivity index is 1.18. The van der Waals surface area contributed by atoms with Crippen molar-refractivity contribution in [2.24, 2.45) is 23.2 Å². The monoisotopic (exact) mass is 490 g/mol. The van der Waals surface area contributed by atoms with Crippen LogP contribution in [-0.2, 0) is 4.79 Å². The molecule has 0 aromatic carbocycles. The number of amides is 1. The van der Waals surface area contributed by atoms with E-state index in [2.05, 4.69) is 30.5 Å². The summed E-state index contributed by atoms with van der Waals surface area (Å²) in [6.45, 7) is 8.48. The van der Waals surface area contributed by atoms with Gasteiger partial charge in [0, 0.05) is 25.0 Å². The second kappa shape index (κ2) is 10.0. The molecule has 9 heteroatoms. The molecule has 1 saturated heterocycles. The Labute approximate surface area is 205 Å². The number of rotatable bonds is 7. The second-order valence-corrected chi connectivity index (χ2v) is 11.0. The highest BCUT2D eigenvalue weighted by molar-refractivity contribution is 6.33. The second-order valence-electron chi connectivity index (χ2n) is 10.2. The first-order valence-electron chi connectivity index (χ1n) is 11.6. The van der Waals surface area contributed by atoms with Crippen molar-refractivity contribution in [3.8, 4) is 0 Å². The Morgan fingerprint density at radius 1 is 1.12 bits per heavy atom. The zero-order chi connectivity index (χ0) is 23.6. The summed E-state index contributed by atoms with van der Waals surface area (Å²) in [7, 11) is 0. The lowest BCUT2D eigenvalue weighted by atomic mass is 9.90. The zero-order valence-electron chi connectivity index (χ0n) is 19.4. The number of hydrogen-bond acceptors (Lipinski definition) is 6. The van der Waals surface area contributed by atoms with Crippen LogP contribution in [-0.4, -0.2) is 40.5 Å². The summed E-state index contributed by atoms with van der Waals surface area (Å²) in [6.07, 6.45) is 9.91. The van der Waals surface area contributed by atoms with E-state index in [1.807, 2.05) is 26.8 Å². The van der Waals surface area contributed by atoms with Gasteiger partial charge < -0.3 is 15.5 Å². The van der Waals surface area contributed by atoms with Gasteiger partial charge in [0.1, 0.15) is 0 Å². The van der Waals surface area contributed by atoms with E-state index in [9.17, 15) is 4.79 Å². The standard InChI is InChI=1S/C24H32Cl2N6O/c1-24(2,3)22(33)31-21-20(26)11-18(14-28-21)27-7-4-16-10-19(16)15-5-8-32(9-6-15)23-29-12-17(25)13-30-23/h11-16,19,27H,4-10H2,1-3H3,(H,28,31,33). The predicted octanol–water partition coefficient (Wildman–Crippen LogP) is 5.52. The highest BCUT2D eigenvalue weighted by Gasteiger charge is 2.43. The Bertz CT molecular complexity index is 970. The highest BCUT2D eigenvalue weighted by atomic mass is 35.5. The molecule has 4 rings (SSSR count). The van der Waals surface area contributed by atoms with Crippen molar-refractivity contribution < 1.29 is 4.79 Å². The minimum absolute atomic E-state index is 0.107. The van der Waals surface area contributed by atoms with Crippen LogP contribution in [0.5, 0.6) is 0 Å². The van der Waals surface area contributed by atoms with E-state index in [-0.39, 0.29) is 5.91 Å². The fourth-order valence-electron chi connectivity index (χ4n) is 4.50. The number of aromatic nitrogens is 3. The molecule has 2 aliphatic rings. The van der Waals surface area contributed by atoms with Gasteiger partial charge in [-0.3, -0.25) is 4.79 Å². The van der Waals surface area contributed by atoms with Gasteiger partial charge in [-0.05, 0) is 49.5 Å². The van der Waals surface area contributed by atoms with Crippen LogP contribution in [0.15, 0.2) is 24.7 Å². The van der Waals surface area contributed by atoms with Gasteiger partial charge in [0.05, 0.1) is 34.3 Å². The summed E-state index contributed by atoms with van der Waals surface area (Å²) in [5.74, 6) is 3.49. The smallest absolute Gasteiger partial charge is 0.230 e. The van der Waals surface area contributed by atoms with Gasteiger partial charge in [-0.25, -0.2) is 15.0 Å². The van der Waals surface area contributed by atoms with E-state index in [4.69, 9.17) is 23.2 Å². The Morgan fingerprint density at radius 3 is 2.45 bits per heavy atom. The normalized spacial score (nSPS) is 21.1. The lowest BCUT2D eigenvalue weighted by molar-refractivity contribution is -0.123. The van der Waals surface area contributed by atoms with Crippen LogP contribution in [0.2, 0.25) is 10.0 Å². The number of pyridine rings is 1. The van der Waals surface area contributed by atoms with E-state index in [0.717, 1.165) is 55.4 Å². The van der Waals surface area contributed by atoms with Crippen molar-refractivity contribution in [3.63, 3.8) is 0 Å². The largest absolute Gasteiger partial charge is 0.384 e. The van der Waals surface area contributed by atoms with Crippen LogP contribution in [0.25, 0.3) is 0 Å². The SMILES string of the molecule is CC(C)(C)C(=O)Nc1ncc(NCCC2CC2C2CCN(c3ncc(Cl)cn3)CC2)cc1Cl. The molecular formula is C24H32Cl2N6O. The molecule has 1 aliphatic carbocycles. The number of anilines is 3. The number of hydrogen-bond donors (Lipinski definition) is 2. The molecule has 2 aromatic heterocycles. The van der Waals surface area contributed by atoms with Crippen LogP contribution in [0.3, 0.4) is 0 Å². The summed E-state index contributed by atoms with van der Waals surface area (Å²) >= 11 is 12.2. The molecule has 3 heterocycles. The van der Waals surface area contributed by atoms with Crippen LogP contribution in [0.4, 0.5) is 17.5 Å². The molecule has 2 atom stereocenters. The Morgan fingerprint density at radius 2 is 1.82 bits per heavy atom. The number of halogens is 2. The number of nitrogens with zero attached hydrogens (tertiary/aromatic N) is 4. The van der Waals surface area contributed by atoms with E-state index >= 15 is 0 Å². The summed E-state index contributed by atoms with van der Waals surface area (Å²) < 4.78 is 0. The van der Waals surface area contributed by atoms with Crippen LogP contribution < -0.4 is 15.5 Å². The molecule has 1 saturated carbocycles. The fraction of sp³-hybridized carbons (Fsp3) is 0.583. The maximum absolute atomic E-state index is 12.1. The maximum atomic E-state index is 12.1. The van der Waals surface area contributed by atoms with Crippen molar-refractivity contribution in [1.29, 1.82) is 0 Å². The molecule has 2 fully saturated rings. The van der Waals surface area contributed by atoms with Gasteiger partial charge in [0.25, 0.3) is 0 Å². The topological polar surface area (TPSA) is 83.0 Å². The van der Waals surface area contributed by atoms with E-state index in [1.165, 1.54) is 19.3 Å². The minimum atomic E-state index is -0.497. The van der Waals surface area contributed by atoms with E-state index < -0.39 is 5.41 Å².